The standard InChI is InChI=1S/C22H35N3O3/c1-22(2,3)21(27)23-12-8-11-20(26)24-16-19(25-13-5-6-14-25)17-9-7-10-18(15-17)28-4/h7,9-10,15,19H,5-6,8,11-14,16H2,1-4H3,(H,23,27)(H,24,26). The Morgan fingerprint density at radius 1 is 1.18 bits per heavy atom. The van der Waals surface area contributed by atoms with Crippen LogP contribution in [0, 0.1) is 5.41 Å². The molecule has 1 aliphatic rings. The van der Waals surface area contributed by atoms with Gasteiger partial charge in [0, 0.05) is 24.9 Å². The maximum Gasteiger partial charge on any atom is 0.225 e. The van der Waals surface area contributed by atoms with Crippen molar-refractivity contribution in [3.05, 3.63) is 29.8 Å². The van der Waals surface area contributed by atoms with Gasteiger partial charge in [0.05, 0.1) is 13.2 Å². The lowest BCUT2D eigenvalue weighted by Crippen LogP contribution is -2.37. The van der Waals surface area contributed by atoms with Gasteiger partial charge in [-0.1, -0.05) is 32.9 Å². The van der Waals surface area contributed by atoms with Crippen molar-refractivity contribution < 1.29 is 14.3 Å². The van der Waals surface area contributed by atoms with Gasteiger partial charge in [-0.3, -0.25) is 14.5 Å². The number of methoxy groups -OCH3 is 1. The minimum atomic E-state index is -0.401. The highest BCUT2D eigenvalue weighted by atomic mass is 16.5. The summed E-state index contributed by atoms with van der Waals surface area (Å²) in [7, 11) is 1.67. The summed E-state index contributed by atoms with van der Waals surface area (Å²) in [6, 6.07) is 8.24. The van der Waals surface area contributed by atoms with Crippen molar-refractivity contribution in [3.63, 3.8) is 0 Å². The fourth-order valence-corrected chi connectivity index (χ4v) is 3.37. The molecule has 0 spiro atoms. The molecule has 28 heavy (non-hydrogen) atoms. The second kappa shape index (κ2) is 10.5. The Hall–Kier alpha value is -2.08. The number of nitrogens with one attached hydrogen (secondary N) is 2. The Labute approximate surface area is 169 Å². The second-order valence-electron chi connectivity index (χ2n) is 8.45. The highest BCUT2D eigenvalue weighted by Crippen LogP contribution is 2.27. The third kappa shape index (κ3) is 6.82. The SMILES string of the molecule is COc1cccc(C(CNC(=O)CCCNC(=O)C(C)(C)C)N2CCCC2)c1. The summed E-state index contributed by atoms with van der Waals surface area (Å²) in [4.78, 5) is 26.6. The van der Waals surface area contributed by atoms with Gasteiger partial charge in [-0.25, -0.2) is 0 Å². The van der Waals surface area contributed by atoms with Crippen molar-refractivity contribution in [2.45, 2.75) is 52.5 Å². The van der Waals surface area contributed by atoms with Crippen molar-refractivity contribution in [1.82, 2.24) is 15.5 Å². The number of likely N-dealkylation sites (tertiary alicyclic amines) is 1. The lowest BCUT2D eigenvalue weighted by molar-refractivity contribution is -0.128. The van der Waals surface area contributed by atoms with E-state index in [0.29, 0.717) is 25.9 Å². The zero-order valence-electron chi connectivity index (χ0n) is 17.7. The first-order valence-corrected chi connectivity index (χ1v) is 10.2. The Balaban J connectivity index is 1.83. The topological polar surface area (TPSA) is 70.7 Å². The molecule has 2 amide bonds. The summed E-state index contributed by atoms with van der Waals surface area (Å²) >= 11 is 0. The average molecular weight is 390 g/mol. The van der Waals surface area contributed by atoms with E-state index in [-0.39, 0.29) is 17.9 Å². The number of benzene rings is 1. The van der Waals surface area contributed by atoms with Gasteiger partial charge < -0.3 is 15.4 Å². The van der Waals surface area contributed by atoms with E-state index in [9.17, 15) is 9.59 Å². The van der Waals surface area contributed by atoms with Crippen molar-refractivity contribution in [2.75, 3.05) is 33.3 Å². The number of carbonyl (C=O) groups excluding carboxylic acids is 2. The van der Waals surface area contributed by atoms with Crippen LogP contribution in [0.1, 0.15) is 58.1 Å². The van der Waals surface area contributed by atoms with E-state index in [1.54, 1.807) is 7.11 Å². The minimum Gasteiger partial charge on any atom is -0.497 e. The molecule has 1 aromatic rings. The van der Waals surface area contributed by atoms with E-state index in [2.05, 4.69) is 27.7 Å². The summed E-state index contributed by atoms with van der Waals surface area (Å²) < 4.78 is 5.36. The van der Waals surface area contributed by atoms with Crippen molar-refractivity contribution >= 4 is 11.8 Å². The van der Waals surface area contributed by atoms with Crippen LogP contribution in [0.4, 0.5) is 0 Å². The molecular formula is C22H35N3O3. The van der Waals surface area contributed by atoms with Gasteiger partial charge in [-0.05, 0) is 50.0 Å². The van der Waals surface area contributed by atoms with Gasteiger partial charge in [-0.15, -0.1) is 0 Å². The van der Waals surface area contributed by atoms with E-state index < -0.39 is 5.41 Å². The van der Waals surface area contributed by atoms with Crippen molar-refractivity contribution in [2.24, 2.45) is 5.41 Å². The quantitative estimate of drug-likeness (QED) is 0.637. The number of carbonyl (C=O) groups is 2. The molecule has 1 saturated heterocycles. The molecule has 6 nitrogen and oxygen atoms in total. The first-order chi connectivity index (χ1) is 13.3. The Morgan fingerprint density at radius 3 is 2.54 bits per heavy atom. The van der Waals surface area contributed by atoms with Crippen LogP contribution < -0.4 is 15.4 Å². The molecule has 1 aliphatic heterocycles. The van der Waals surface area contributed by atoms with E-state index in [1.807, 2.05) is 32.9 Å². The molecule has 2 N–H and O–H groups in total. The minimum absolute atomic E-state index is 0.0139. The van der Waals surface area contributed by atoms with Gasteiger partial charge in [0.1, 0.15) is 5.75 Å². The zero-order chi connectivity index (χ0) is 20.6. The molecule has 0 bridgehead atoms. The van der Waals surface area contributed by atoms with Gasteiger partial charge in [-0.2, -0.15) is 0 Å². The molecule has 0 aromatic heterocycles. The summed E-state index contributed by atoms with van der Waals surface area (Å²) in [5.74, 6) is 0.875. The molecule has 2 rings (SSSR count). The fourth-order valence-electron chi connectivity index (χ4n) is 3.37. The molecule has 6 heteroatoms. The number of hydrogen-bond acceptors (Lipinski definition) is 4. The van der Waals surface area contributed by atoms with Crippen LogP contribution in [0.2, 0.25) is 0 Å². The van der Waals surface area contributed by atoms with Gasteiger partial charge in [0.15, 0.2) is 0 Å². The molecule has 1 heterocycles. The molecule has 0 aliphatic carbocycles. The molecule has 1 fully saturated rings. The van der Waals surface area contributed by atoms with Crippen LogP contribution in [-0.2, 0) is 9.59 Å². The third-order valence-corrected chi connectivity index (χ3v) is 5.10. The van der Waals surface area contributed by atoms with Crippen LogP contribution in [0.15, 0.2) is 24.3 Å². The zero-order valence-corrected chi connectivity index (χ0v) is 17.7. The number of rotatable bonds is 9. The molecule has 0 radical (unpaired) electrons. The van der Waals surface area contributed by atoms with Gasteiger partial charge in [0.25, 0.3) is 0 Å². The smallest absolute Gasteiger partial charge is 0.225 e. The van der Waals surface area contributed by atoms with Crippen molar-refractivity contribution in [1.29, 1.82) is 0 Å². The van der Waals surface area contributed by atoms with Gasteiger partial charge >= 0.3 is 0 Å². The normalized spacial score (nSPS) is 15.9. The van der Waals surface area contributed by atoms with E-state index in [0.717, 1.165) is 18.8 Å². The Kier molecular flexibility index (Phi) is 8.30. The summed E-state index contributed by atoms with van der Waals surface area (Å²) in [5.41, 5.74) is 0.765. The number of hydrogen-bond donors (Lipinski definition) is 2. The first kappa shape index (κ1) is 22.2. The maximum absolute atomic E-state index is 12.3. The van der Waals surface area contributed by atoms with E-state index in [1.165, 1.54) is 18.4 Å². The van der Waals surface area contributed by atoms with Crippen LogP contribution in [0.5, 0.6) is 5.75 Å². The molecule has 0 saturated carbocycles. The largest absolute Gasteiger partial charge is 0.497 e. The lowest BCUT2D eigenvalue weighted by Gasteiger charge is -2.28. The maximum atomic E-state index is 12.3. The van der Waals surface area contributed by atoms with Crippen molar-refractivity contribution in [3.8, 4) is 5.75 Å². The van der Waals surface area contributed by atoms with Crippen LogP contribution >= 0.6 is 0 Å². The Bertz CT molecular complexity index is 649. The summed E-state index contributed by atoms with van der Waals surface area (Å²) in [6.45, 7) is 8.85. The number of amides is 2. The average Bonchev–Trinajstić information content (AvgIpc) is 3.19. The van der Waals surface area contributed by atoms with Gasteiger partial charge in [0.2, 0.25) is 11.8 Å². The van der Waals surface area contributed by atoms with Crippen LogP contribution in [-0.4, -0.2) is 50.0 Å². The monoisotopic (exact) mass is 389 g/mol. The van der Waals surface area contributed by atoms with E-state index in [4.69, 9.17) is 4.74 Å². The molecule has 1 aromatic carbocycles. The molecular weight excluding hydrogens is 354 g/mol. The van der Waals surface area contributed by atoms with E-state index >= 15 is 0 Å². The Morgan fingerprint density at radius 2 is 1.89 bits per heavy atom. The molecule has 156 valence electrons. The molecule has 1 atom stereocenters. The van der Waals surface area contributed by atoms with Crippen LogP contribution in [0.25, 0.3) is 0 Å². The number of nitrogens with zero attached hydrogens (tertiary/aromatic N) is 1. The molecule has 1 unspecified atom stereocenters. The van der Waals surface area contributed by atoms with Crippen LogP contribution in [0.3, 0.4) is 0 Å². The summed E-state index contributed by atoms with van der Waals surface area (Å²) in [5, 5.41) is 5.96. The number of ether oxygens (including phenoxy) is 1. The summed E-state index contributed by atoms with van der Waals surface area (Å²) in [6.07, 6.45) is 3.44. The highest BCUT2D eigenvalue weighted by molar-refractivity contribution is 5.81. The lowest BCUT2D eigenvalue weighted by atomic mass is 9.96. The highest BCUT2D eigenvalue weighted by Gasteiger charge is 2.24. The fraction of sp³-hybridized carbons (Fsp3) is 0.636. The third-order valence-electron chi connectivity index (χ3n) is 5.10. The predicted octanol–water partition coefficient (Wildman–Crippen LogP) is 2.89. The predicted molar refractivity (Wildman–Crippen MR) is 111 cm³/mol. The first-order valence-electron chi connectivity index (χ1n) is 10.2. The second-order valence-corrected chi connectivity index (χ2v) is 8.45.